The maximum atomic E-state index is 12.6. The van der Waals surface area contributed by atoms with Crippen molar-refractivity contribution in [1.82, 2.24) is 25.8 Å². The second-order valence-electron chi connectivity index (χ2n) is 7.75. The zero-order valence-corrected chi connectivity index (χ0v) is 15.2. The molecule has 2 fully saturated rings. The van der Waals surface area contributed by atoms with E-state index in [1.807, 2.05) is 6.92 Å². The van der Waals surface area contributed by atoms with Crippen LogP contribution in [0.1, 0.15) is 67.4 Å². The first-order valence-electron chi connectivity index (χ1n) is 9.77. The summed E-state index contributed by atoms with van der Waals surface area (Å²) in [6, 6.07) is 2.80. The lowest BCUT2D eigenvalue weighted by Gasteiger charge is -2.40. The van der Waals surface area contributed by atoms with Crippen molar-refractivity contribution in [3.05, 3.63) is 27.7 Å². The number of aromatic nitrogens is 3. The average molecular weight is 357 g/mol. The summed E-state index contributed by atoms with van der Waals surface area (Å²) >= 11 is 0. The van der Waals surface area contributed by atoms with E-state index in [1.165, 1.54) is 38.5 Å². The molecule has 7 heteroatoms. The molecule has 140 valence electrons. The summed E-state index contributed by atoms with van der Waals surface area (Å²) in [5, 5.41) is 12.6. The molecule has 0 bridgehead atoms. The number of carbonyl (C=O) groups excluding carboxylic acids is 1. The Morgan fingerprint density at radius 1 is 1.08 bits per heavy atom. The Kier molecular flexibility index (Phi) is 4.80. The van der Waals surface area contributed by atoms with Gasteiger partial charge in [0.25, 0.3) is 11.5 Å². The van der Waals surface area contributed by atoms with Gasteiger partial charge in [0.15, 0.2) is 5.65 Å². The fraction of sp³-hybridized carbons (Fsp3) is 0.632. The van der Waals surface area contributed by atoms with Crippen LogP contribution < -0.4 is 16.2 Å². The maximum absolute atomic E-state index is 12.6. The molecule has 2 heterocycles. The molecule has 0 unspecified atom stereocenters. The summed E-state index contributed by atoms with van der Waals surface area (Å²) in [5.41, 5.74) is 1.33. The van der Waals surface area contributed by atoms with Crippen molar-refractivity contribution in [2.24, 2.45) is 0 Å². The standard InChI is InChI=1S/C19H27N5O2/c1-11-10-15(21-17-16(11)19(26)24-23-17)18(25)22-14-9-8-13(14)20-12-6-4-2-3-5-7-12/h10,12-14,20H,2-9H2,1H3,(H,22,25)(H2,21,23,24,26)/t13-,14+/m0/s1. The van der Waals surface area contributed by atoms with Gasteiger partial charge in [0.2, 0.25) is 0 Å². The number of aryl methyl sites for hydroxylation is 1. The van der Waals surface area contributed by atoms with Gasteiger partial charge in [-0.25, -0.2) is 4.98 Å². The average Bonchev–Trinajstić information content (AvgIpc) is 2.83. The van der Waals surface area contributed by atoms with Crippen molar-refractivity contribution < 1.29 is 4.79 Å². The SMILES string of the molecule is Cc1cc(C(=O)N[C@@H]2CC[C@@H]2NC2CCCCCC2)nc2[nH][nH]c(=O)c12. The van der Waals surface area contributed by atoms with Crippen molar-refractivity contribution in [3.63, 3.8) is 0 Å². The molecule has 0 aliphatic heterocycles. The van der Waals surface area contributed by atoms with Crippen LogP contribution in [0.3, 0.4) is 0 Å². The Bertz CT molecular complexity index is 847. The van der Waals surface area contributed by atoms with Crippen LogP contribution in [0.2, 0.25) is 0 Å². The van der Waals surface area contributed by atoms with Gasteiger partial charge >= 0.3 is 0 Å². The van der Waals surface area contributed by atoms with E-state index in [2.05, 4.69) is 25.8 Å². The van der Waals surface area contributed by atoms with E-state index in [0.29, 0.717) is 28.8 Å². The molecule has 0 saturated heterocycles. The van der Waals surface area contributed by atoms with Gasteiger partial charge in [-0.1, -0.05) is 25.7 Å². The van der Waals surface area contributed by atoms with Crippen molar-refractivity contribution >= 4 is 16.9 Å². The predicted octanol–water partition coefficient (Wildman–Crippen LogP) is 2.13. The number of pyridine rings is 1. The normalized spacial score (nSPS) is 24.2. The summed E-state index contributed by atoms with van der Waals surface area (Å²) in [4.78, 5) is 28.7. The number of nitrogens with zero attached hydrogens (tertiary/aromatic N) is 1. The molecular weight excluding hydrogens is 330 g/mol. The Morgan fingerprint density at radius 2 is 1.81 bits per heavy atom. The second-order valence-corrected chi connectivity index (χ2v) is 7.75. The molecule has 0 aromatic carbocycles. The van der Waals surface area contributed by atoms with Gasteiger partial charge in [0.1, 0.15) is 5.69 Å². The van der Waals surface area contributed by atoms with E-state index in [4.69, 9.17) is 0 Å². The zero-order chi connectivity index (χ0) is 18.1. The number of nitrogens with one attached hydrogen (secondary N) is 4. The predicted molar refractivity (Wildman–Crippen MR) is 100 cm³/mol. The first-order chi connectivity index (χ1) is 12.6. The van der Waals surface area contributed by atoms with Gasteiger partial charge in [0, 0.05) is 18.1 Å². The van der Waals surface area contributed by atoms with Crippen LogP contribution in [0, 0.1) is 6.92 Å². The molecule has 2 aliphatic rings. The molecule has 4 N–H and O–H groups in total. The molecular formula is C19H27N5O2. The van der Waals surface area contributed by atoms with E-state index in [0.717, 1.165) is 18.4 Å². The minimum Gasteiger partial charge on any atom is -0.346 e. The van der Waals surface area contributed by atoms with Crippen molar-refractivity contribution in [3.8, 4) is 0 Å². The van der Waals surface area contributed by atoms with E-state index in [9.17, 15) is 9.59 Å². The number of hydrogen-bond donors (Lipinski definition) is 4. The number of amides is 1. The van der Waals surface area contributed by atoms with Gasteiger partial charge in [-0.3, -0.25) is 19.8 Å². The third kappa shape index (κ3) is 3.40. The van der Waals surface area contributed by atoms with Gasteiger partial charge in [-0.05, 0) is 44.2 Å². The maximum Gasteiger partial charge on any atom is 0.273 e. The summed E-state index contributed by atoms with van der Waals surface area (Å²) in [6.07, 6.45) is 9.90. The largest absolute Gasteiger partial charge is 0.346 e. The highest BCUT2D eigenvalue weighted by molar-refractivity contribution is 5.95. The van der Waals surface area contributed by atoms with E-state index < -0.39 is 0 Å². The quantitative estimate of drug-likeness (QED) is 0.630. The van der Waals surface area contributed by atoms with E-state index >= 15 is 0 Å². The van der Waals surface area contributed by atoms with Crippen molar-refractivity contribution in [2.75, 3.05) is 0 Å². The Balaban J connectivity index is 1.40. The van der Waals surface area contributed by atoms with Gasteiger partial charge in [-0.2, -0.15) is 0 Å². The number of carbonyl (C=O) groups is 1. The number of hydrogen-bond acceptors (Lipinski definition) is 4. The minimum absolute atomic E-state index is 0.161. The summed E-state index contributed by atoms with van der Waals surface area (Å²) in [5.74, 6) is -0.172. The summed E-state index contributed by atoms with van der Waals surface area (Å²) in [7, 11) is 0. The molecule has 2 aromatic heterocycles. The van der Waals surface area contributed by atoms with Crippen molar-refractivity contribution in [1.29, 1.82) is 0 Å². The van der Waals surface area contributed by atoms with Crippen LogP contribution in [0.4, 0.5) is 0 Å². The molecule has 2 aromatic rings. The first kappa shape index (κ1) is 17.3. The zero-order valence-electron chi connectivity index (χ0n) is 15.2. The Morgan fingerprint density at radius 3 is 2.50 bits per heavy atom. The topological polar surface area (TPSA) is 103 Å². The lowest BCUT2D eigenvalue weighted by Crippen LogP contribution is -2.59. The molecule has 0 spiro atoms. The highest BCUT2D eigenvalue weighted by Gasteiger charge is 2.34. The number of aromatic amines is 2. The molecule has 1 amide bonds. The second kappa shape index (κ2) is 7.23. The van der Waals surface area contributed by atoms with E-state index in [-0.39, 0.29) is 17.5 Å². The molecule has 2 aliphatic carbocycles. The summed E-state index contributed by atoms with van der Waals surface area (Å²) in [6.45, 7) is 1.82. The number of H-pyrrole nitrogens is 2. The fourth-order valence-corrected chi connectivity index (χ4v) is 4.21. The fourth-order valence-electron chi connectivity index (χ4n) is 4.21. The van der Waals surface area contributed by atoms with Gasteiger partial charge in [-0.15, -0.1) is 0 Å². The van der Waals surface area contributed by atoms with E-state index in [1.54, 1.807) is 6.07 Å². The highest BCUT2D eigenvalue weighted by Crippen LogP contribution is 2.25. The van der Waals surface area contributed by atoms with Crippen molar-refractivity contribution in [2.45, 2.75) is 76.4 Å². The van der Waals surface area contributed by atoms with Crippen LogP contribution in [-0.2, 0) is 0 Å². The number of fused-ring (bicyclic) bond motifs is 1. The van der Waals surface area contributed by atoms with Crippen LogP contribution in [-0.4, -0.2) is 39.2 Å². The third-order valence-corrected chi connectivity index (χ3v) is 5.87. The minimum atomic E-state index is -0.205. The number of rotatable bonds is 4. The van der Waals surface area contributed by atoms with Crippen LogP contribution in [0.5, 0.6) is 0 Å². The molecule has 7 nitrogen and oxygen atoms in total. The Hall–Kier alpha value is -2.15. The monoisotopic (exact) mass is 357 g/mol. The van der Waals surface area contributed by atoms with Crippen LogP contribution in [0.15, 0.2) is 10.9 Å². The van der Waals surface area contributed by atoms with Crippen LogP contribution in [0.25, 0.3) is 11.0 Å². The lowest BCUT2D eigenvalue weighted by molar-refractivity contribution is 0.0883. The highest BCUT2D eigenvalue weighted by atomic mass is 16.2. The molecule has 0 radical (unpaired) electrons. The molecule has 26 heavy (non-hydrogen) atoms. The Labute approximate surface area is 152 Å². The molecule has 4 rings (SSSR count). The smallest absolute Gasteiger partial charge is 0.273 e. The third-order valence-electron chi connectivity index (χ3n) is 5.87. The van der Waals surface area contributed by atoms with Gasteiger partial charge in [0.05, 0.1) is 5.39 Å². The first-order valence-corrected chi connectivity index (χ1v) is 9.77. The summed E-state index contributed by atoms with van der Waals surface area (Å²) < 4.78 is 0. The molecule has 2 saturated carbocycles. The molecule has 2 atom stereocenters. The van der Waals surface area contributed by atoms with Crippen LogP contribution >= 0.6 is 0 Å². The van der Waals surface area contributed by atoms with Gasteiger partial charge < -0.3 is 10.6 Å². The lowest BCUT2D eigenvalue weighted by atomic mass is 9.85.